The maximum Gasteiger partial charge on any atom is 0.227 e. The third-order valence-corrected chi connectivity index (χ3v) is 5.14. The van der Waals surface area contributed by atoms with E-state index in [2.05, 4.69) is 5.32 Å². The SMILES string of the molecule is CCC(CC)(CN)C(=O)NCc1ccc(OCc2ccccc2)c(OC)c1.Cl. The van der Waals surface area contributed by atoms with E-state index in [4.69, 9.17) is 15.2 Å². The quantitative estimate of drug-likeness (QED) is 0.623. The number of benzene rings is 2. The van der Waals surface area contributed by atoms with E-state index >= 15 is 0 Å². The first-order chi connectivity index (χ1) is 13.1. The van der Waals surface area contributed by atoms with Gasteiger partial charge in [-0.15, -0.1) is 12.4 Å². The van der Waals surface area contributed by atoms with Gasteiger partial charge in [0.1, 0.15) is 6.61 Å². The van der Waals surface area contributed by atoms with Crippen molar-refractivity contribution in [2.45, 2.75) is 39.8 Å². The van der Waals surface area contributed by atoms with Crippen molar-refractivity contribution in [1.29, 1.82) is 0 Å². The number of carbonyl (C=O) groups is 1. The summed E-state index contributed by atoms with van der Waals surface area (Å²) in [6.45, 7) is 5.24. The van der Waals surface area contributed by atoms with Crippen LogP contribution in [0.2, 0.25) is 0 Å². The van der Waals surface area contributed by atoms with Gasteiger partial charge in [0.15, 0.2) is 11.5 Å². The van der Waals surface area contributed by atoms with Gasteiger partial charge in [-0.3, -0.25) is 4.79 Å². The van der Waals surface area contributed by atoms with Gasteiger partial charge >= 0.3 is 0 Å². The zero-order valence-electron chi connectivity index (χ0n) is 16.9. The van der Waals surface area contributed by atoms with E-state index in [1.807, 2.05) is 62.4 Å². The zero-order chi connectivity index (χ0) is 19.7. The highest BCUT2D eigenvalue weighted by Crippen LogP contribution is 2.29. The number of ether oxygens (including phenoxy) is 2. The number of hydrogen-bond donors (Lipinski definition) is 2. The Kier molecular flexibility index (Phi) is 9.83. The summed E-state index contributed by atoms with van der Waals surface area (Å²) in [5.74, 6) is 1.32. The van der Waals surface area contributed by atoms with Crippen LogP contribution in [0, 0.1) is 5.41 Å². The van der Waals surface area contributed by atoms with Crippen LogP contribution in [0.4, 0.5) is 0 Å². The Bertz CT molecular complexity index is 726. The molecule has 0 aliphatic carbocycles. The van der Waals surface area contributed by atoms with E-state index in [1.165, 1.54) is 0 Å². The number of rotatable bonds is 10. The lowest BCUT2D eigenvalue weighted by Gasteiger charge is -2.28. The van der Waals surface area contributed by atoms with Gasteiger partial charge in [-0.25, -0.2) is 0 Å². The van der Waals surface area contributed by atoms with Crippen LogP contribution < -0.4 is 20.5 Å². The first-order valence-electron chi connectivity index (χ1n) is 9.40. The molecular weight excluding hydrogens is 376 g/mol. The van der Waals surface area contributed by atoms with Gasteiger partial charge in [-0.2, -0.15) is 0 Å². The monoisotopic (exact) mass is 406 g/mol. The number of nitrogens with two attached hydrogens (primary N) is 1. The molecule has 0 aliphatic heterocycles. The van der Waals surface area contributed by atoms with Crippen molar-refractivity contribution < 1.29 is 14.3 Å². The topological polar surface area (TPSA) is 73.6 Å². The number of nitrogens with one attached hydrogen (secondary N) is 1. The molecule has 0 heterocycles. The molecule has 3 N–H and O–H groups in total. The second-order valence-corrected chi connectivity index (χ2v) is 6.63. The molecule has 0 saturated heterocycles. The van der Waals surface area contributed by atoms with E-state index in [1.54, 1.807) is 7.11 Å². The van der Waals surface area contributed by atoms with E-state index in [-0.39, 0.29) is 18.3 Å². The highest BCUT2D eigenvalue weighted by atomic mass is 35.5. The molecule has 0 aromatic heterocycles. The van der Waals surface area contributed by atoms with Gasteiger partial charge in [0.05, 0.1) is 12.5 Å². The summed E-state index contributed by atoms with van der Waals surface area (Å²) >= 11 is 0. The molecule has 0 bridgehead atoms. The Morgan fingerprint density at radius 3 is 2.29 bits per heavy atom. The molecule has 1 amide bonds. The summed E-state index contributed by atoms with van der Waals surface area (Å²) < 4.78 is 11.3. The minimum atomic E-state index is -0.497. The minimum Gasteiger partial charge on any atom is -0.493 e. The summed E-state index contributed by atoms with van der Waals surface area (Å²) in [4.78, 5) is 12.6. The second-order valence-electron chi connectivity index (χ2n) is 6.63. The normalized spacial score (nSPS) is 10.7. The Labute approximate surface area is 174 Å². The molecular formula is C22H31ClN2O3. The Hall–Kier alpha value is -2.24. The van der Waals surface area contributed by atoms with Gasteiger partial charge < -0.3 is 20.5 Å². The van der Waals surface area contributed by atoms with Crippen LogP contribution >= 0.6 is 12.4 Å². The van der Waals surface area contributed by atoms with Crippen LogP contribution in [0.25, 0.3) is 0 Å². The third-order valence-electron chi connectivity index (χ3n) is 5.14. The molecule has 2 aromatic carbocycles. The van der Waals surface area contributed by atoms with Crippen molar-refractivity contribution in [2.24, 2.45) is 11.1 Å². The Morgan fingerprint density at radius 2 is 1.71 bits per heavy atom. The van der Waals surface area contributed by atoms with Crippen molar-refractivity contribution >= 4 is 18.3 Å². The van der Waals surface area contributed by atoms with E-state index < -0.39 is 5.41 Å². The summed E-state index contributed by atoms with van der Waals surface area (Å²) in [6, 6.07) is 15.7. The predicted octanol–water partition coefficient (Wildman–Crippen LogP) is 4.08. The van der Waals surface area contributed by atoms with Crippen LogP contribution in [0.5, 0.6) is 11.5 Å². The molecule has 2 rings (SSSR count). The summed E-state index contributed by atoms with van der Waals surface area (Å²) in [6.07, 6.45) is 1.45. The molecule has 2 aromatic rings. The minimum absolute atomic E-state index is 0. The molecule has 0 fully saturated rings. The number of hydrogen-bond acceptors (Lipinski definition) is 4. The van der Waals surface area contributed by atoms with Crippen molar-refractivity contribution in [1.82, 2.24) is 5.32 Å². The number of carbonyl (C=O) groups excluding carboxylic acids is 1. The van der Waals surface area contributed by atoms with Crippen molar-refractivity contribution in [3.8, 4) is 11.5 Å². The van der Waals surface area contributed by atoms with Gasteiger partial charge in [0.25, 0.3) is 0 Å². The molecule has 0 spiro atoms. The summed E-state index contributed by atoms with van der Waals surface area (Å²) in [5.41, 5.74) is 7.39. The molecule has 154 valence electrons. The fourth-order valence-corrected chi connectivity index (χ4v) is 3.00. The Morgan fingerprint density at radius 1 is 1.04 bits per heavy atom. The molecule has 28 heavy (non-hydrogen) atoms. The molecule has 0 aliphatic rings. The lowest BCUT2D eigenvalue weighted by Crippen LogP contribution is -2.45. The highest BCUT2D eigenvalue weighted by Gasteiger charge is 2.32. The fraction of sp³-hybridized carbons (Fsp3) is 0.409. The highest BCUT2D eigenvalue weighted by molar-refractivity contribution is 5.85. The largest absolute Gasteiger partial charge is 0.493 e. The first-order valence-corrected chi connectivity index (χ1v) is 9.40. The van der Waals surface area contributed by atoms with Crippen LogP contribution in [-0.2, 0) is 17.9 Å². The van der Waals surface area contributed by atoms with Crippen molar-refractivity contribution in [3.63, 3.8) is 0 Å². The Balaban J connectivity index is 0.00000392. The predicted molar refractivity (Wildman–Crippen MR) is 115 cm³/mol. The number of halogens is 1. The average molecular weight is 407 g/mol. The number of methoxy groups -OCH3 is 1. The first kappa shape index (κ1) is 23.8. The average Bonchev–Trinajstić information content (AvgIpc) is 2.73. The second kappa shape index (κ2) is 11.6. The zero-order valence-corrected chi connectivity index (χ0v) is 17.7. The van der Waals surface area contributed by atoms with Crippen molar-refractivity contribution in [3.05, 3.63) is 59.7 Å². The number of amides is 1. The van der Waals surface area contributed by atoms with Crippen LogP contribution in [0.15, 0.2) is 48.5 Å². The maximum atomic E-state index is 12.6. The standard InChI is InChI=1S/C22H30N2O3.ClH/c1-4-22(5-2,16-23)21(25)24-14-18-11-12-19(20(13-18)26-3)27-15-17-9-7-6-8-10-17;/h6-13H,4-5,14-16,23H2,1-3H3,(H,24,25);1H. The molecule has 6 heteroatoms. The summed E-state index contributed by atoms with van der Waals surface area (Å²) in [5, 5.41) is 3.01. The van der Waals surface area contributed by atoms with Gasteiger partial charge in [0, 0.05) is 13.1 Å². The van der Waals surface area contributed by atoms with Gasteiger partial charge in [0.2, 0.25) is 5.91 Å². The van der Waals surface area contributed by atoms with E-state index in [0.717, 1.165) is 24.0 Å². The summed E-state index contributed by atoms with van der Waals surface area (Å²) in [7, 11) is 1.61. The van der Waals surface area contributed by atoms with Gasteiger partial charge in [-0.1, -0.05) is 50.2 Å². The lowest BCUT2D eigenvalue weighted by atomic mass is 9.81. The van der Waals surface area contributed by atoms with Gasteiger partial charge in [-0.05, 0) is 36.1 Å². The molecule has 5 nitrogen and oxygen atoms in total. The third kappa shape index (κ3) is 5.88. The fourth-order valence-electron chi connectivity index (χ4n) is 3.00. The smallest absolute Gasteiger partial charge is 0.227 e. The van der Waals surface area contributed by atoms with Crippen LogP contribution in [0.1, 0.15) is 37.8 Å². The molecule has 0 radical (unpaired) electrons. The van der Waals surface area contributed by atoms with Crippen LogP contribution in [-0.4, -0.2) is 19.6 Å². The van der Waals surface area contributed by atoms with Crippen LogP contribution in [0.3, 0.4) is 0 Å². The van der Waals surface area contributed by atoms with Crippen molar-refractivity contribution in [2.75, 3.05) is 13.7 Å². The molecule has 0 saturated carbocycles. The lowest BCUT2D eigenvalue weighted by molar-refractivity contribution is -0.131. The molecule has 0 atom stereocenters. The van der Waals surface area contributed by atoms with E-state index in [0.29, 0.717) is 31.2 Å². The molecule has 0 unspecified atom stereocenters. The maximum absolute atomic E-state index is 12.6. The van der Waals surface area contributed by atoms with E-state index in [9.17, 15) is 4.79 Å².